The molecule has 0 unspecified atom stereocenters. The fourth-order valence-corrected chi connectivity index (χ4v) is 4.70. The molecule has 1 aromatic heterocycles. The average molecular weight is 425 g/mol. The van der Waals surface area contributed by atoms with Crippen LogP contribution in [-0.4, -0.2) is 70.0 Å². The Kier molecular flexibility index (Phi) is 6.44. The predicted molar refractivity (Wildman–Crippen MR) is 111 cm³/mol. The summed E-state index contributed by atoms with van der Waals surface area (Å²) in [5.74, 6) is 1.41. The first-order valence-corrected chi connectivity index (χ1v) is 10.8. The number of likely N-dealkylation sites (N-methyl/N-ethyl adjacent to an activating group) is 1. The summed E-state index contributed by atoms with van der Waals surface area (Å²) in [6.07, 6.45) is 1.43. The second-order valence-corrected chi connectivity index (χ2v) is 9.25. The van der Waals surface area contributed by atoms with E-state index in [1.54, 1.807) is 25.3 Å². The van der Waals surface area contributed by atoms with Gasteiger partial charge in [-0.05, 0) is 37.4 Å². The molecule has 0 aliphatic carbocycles. The van der Waals surface area contributed by atoms with Gasteiger partial charge in [-0.3, -0.25) is 0 Å². The summed E-state index contributed by atoms with van der Waals surface area (Å²) in [6, 6.07) is 8.79. The highest BCUT2D eigenvalue weighted by Crippen LogP contribution is 2.26. The number of halogens is 1. The van der Waals surface area contributed by atoms with Crippen molar-refractivity contribution in [1.29, 1.82) is 0 Å². The van der Waals surface area contributed by atoms with Gasteiger partial charge < -0.3 is 14.5 Å². The molecule has 152 valence electrons. The molecular formula is C19H25ClN4O3S. The van der Waals surface area contributed by atoms with Crippen molar-refractivity contribution in [2.45, 2.75) is 11.4 Å². The largest absolute Gasteiger partial charge is 0.496 e. The molecule has 3 rings (SSSR count). The third-order valence-corrected chi connectivity index (χ3v) is 6.98. The zero-order valence-corrected chi connectivity index (χ0v) is 17.9. The topological polar surface area (TPSA) is 66.0 Å². The number of nitrogens with zero attached hydrogens (tertiary/aromatic N) is 4. The third-order valence-electron chi connectivity index (χ3n) is 4.86. The van der Waals surface area contributed by atoms with Gasteiger partial charge in [0, 0.05) is 56.6 Å². The van der Waals surface area contributed by atoms with Crippen molar-refractivity contribution in [3.8, 4) is 5.75 Å². The number of hydrogen-bond donors (Lipinski definition) is 0. The molecule has 1 aliphatic heterocycles. The van der Waals surface area contributed by atoms with E-state index in [1.165, 1.54) is 10.5 Å². The first kappa shape index (κ1) is 20.9. The Labute approximate surface area is 171 Å². The van der Waals surface area contributed by atoms with Gasteiger partial charge in [-0.2, -0.15) is 4.31 Å². The van der Waals surface area contributed by atoms with Gasteiger partial charge in [0.25, 0.3) is 0 Å². The second kappa shape index (κ2) is 8.65. The van der Waals surface area contributed by atoms with Crippen LogP contribution < -0.4 is 9.64 Å². The van der Waals surface area contributed by atoms with E-state index >= 15 is 0 Å². The normalized spacial score (nSPS) is 16.1. The van der Waals surface area contributed by atoms with Gasteiger partial charge in [0.2, 0.25) is 10.0 Å². The number of hydrogen-bond acceptors (Lipinski definition) is 6. The number of aromatic nitrogens is 1. The molecule has 1 aromatic carbocycles. The summed E-state index contributed by atoms with van der Waals surface area (Å²) >= 11 is 6.09. The van der Waals surface area contributed by atoms with E-state index in [1.807, 2.05) is 31.1 Å². The molecule has 1 fully saturated rings. The lowest BCUT2D eigenvalue weighted by atomic mass is 10.2. The number of sulfonamides is 1. The molecule has 9 heteroatoms. The Balaban J connectivity index is 1.74. The number of pyridine rings is 1. The minimum absolute atomic E-state index is 0.217. The van der Waals surface area contributed by atoms with Gasteiger partial charge in [0.15, 0.2) is 0 Å². The summed E-state index contributed by atoms with van der Waals surface area (Å²) in [6.45, 7) is 2.98. The van der Waals surface area contributed by atoms with Crippen LogP contribution in [0.3, 0.4) is 0 Å². The molecule has 0 radical (unpaired) electrons. The van der Waals surface area contributed by atoms with Crippen molar-refractivity contribution in [1.82, 2.24) is 14.2 Å². The molecule has 0 N–H and O–H groups in total. The molecule has 1 aliphatic rings. The first-order valence-electron chi connectivity index (χ1n) is 8.99. The highest BCUT2D eigenvalue weighted by atomic mass is 35.5. The zero-order chi connectivity index (χ0) is 20.3. The minimum Gasteiger partial charge on any atom is -0.496 e. The second-order valence-electron chi connectivity index (χ2n) is 6.87. The van der Waals surface area contributed by atoms with E-state index in [0.29, 0.717) is 30.5 Å². The Bertz CT molecular complexity index is 913. The van der Waals surface area contributed by atoms with E-state index in [-0.39, 0.29) is 4.90 Å². The quantitative estimate of drug-likeness (QED) is 0.709. The van der Waals surface area contributed by atoms with Gasteiger partial charge >= 0.3 is 0 Å². The van der Waals surface area contributed by atoms with Gasteiger partial charge in [0.1, 0.15) is 16.5 Å². The van der Waals surface area contributed by atoms with Gasteiger partial charge in [0.05, 0.1) is 7.11 Å². The summed E-state index contributed by atoms with van der Waals surface area (Å²) in [7, 11) is 1.98. The number of methoxy groups -OCH3 is 1. The van der Waals surface area contributed by atoms with Crippen LogP contribution in [0, 0.1) is 0 Å². The number of anilines is 1. The number of ether oxygens (including phenoxy) is 1. The molecule has 2 heterocycles. The van der Waals surface area contributed by atoms with Crippen molar-refractivity contribution in [2.24, 2.45) is 0 Å². The standard InChI is InChI=1S/C19H25ClN4O3S/c1-22-8-10-24(11-9-22)28(25,26)17-5-7-19(21-13-17)23(2)14-15-12-16(20)4-6-18(15)27-3/h4-7,12-13H,8-11,14H2,1-3H3. The maximum Gasteiger partial charge on any atom is 0.244 e. The van der Waals surface area contributed by atoms with Crippen LogP contribution in [0.15, 0.2) is 41.4 Å². The fourth-order valence-electron chi connectivity index (χ4n) is 3.14. The van der Waals surface area contributed by atoms with Crippen LogP contribution in [-0.2, 0) is 16.6 Å². The highest BCUT2D eigenvalue weighted by molar-refractivity contribution is 7.89. The van der Waals surface area contributed by atoms with Crippen LogP contribution in [0.5, 0.6) is 5.75 Å². The van der Waals surface area contributed by atoms with Gasteiger partial charge in [-0.25, -0.2) is 13.4 Å². The van der Waals surface area contributed by atoms with Crippen molar-refractivity contribution in [3.05, 3.63) is 47.1 Å². The van der Waals surface area contributed by atoms with Gasteiger partial charge in [-0.1, -0.05) is 11.6 Å². The van der Waals surface area contributed by atoms with Crippen molar-refractivity contribution in [2.75, 3.05) is 52.3 Å². The van der Waals surface area contributed by atoms with E-state index < -0.39 is 10.0 Å². The SMILES string of the molecule is COc1ccc(Cl)cc1CN(C)c1ccc(S(=O)(=O)N2CCN(C)CC2)cn1. The third kappa shape index (κ3) is 4.57. The number of rotatable bonds is 6. The molecule has 2 aromatic rings. The van der Waals surface area contributed by atoms with Crippen LogP contribution in [0.25, 0.3) is 0 Å². The Morgan fingerprint density at radius 2 is 1.89 bits per heavy atom. The predicted octanol–water partition coefficient (Wildman–Crippen LogP) is 2.32. The van der Waals surface area contributed by atoms with Crippen molar-refractivity contribution in [3.63, 3.8) is 0 Å². The minimum atomic E-state index is -3.51. The maximum atomic E-state index is 12.8. The van der Waals surface area contributed by atoms with Crippen molar-refractivity contribution < 1.29 is 13.2 Å². The van der Waals surface area contributed by atoms with Gasteiger partial charge in [-0.15, -0.1) is 0 Å². The lowest BCUT2D eigenvalue weighted by Crippen LogP contribution is -2.47. The summed E-state index contributed by atoms with van der Waals surface area (Å²) in [4.78, 5) is 8.62. The molecule has 0 bridgehead atoms. The average Bonchev–Trinajstić information content (AvgIpc) is 2.68. The van der Waals surface area contributed by atoms with E-state index in [2.05, 4.69) is 9.88 Å². The Morgan fingerprint density at radius 3 is 2.50 bits per heavy atom. The van der Waals surface area contributed by atoms with E-state index in [9.17, 15) is 8.42 Å². The van der Waals surface area contributed by atoms with Crippen molar-refractivity contribution >= 4 is 27.4 Å². The van der Waals surface area contributed by atoms with Crippen LogP contribution in [0.1, 0.15) is 5.56 Å². The summed E-state index contributed by atoms with van der Waals surface area (Å²) in [5.41, 5.74) is 0.924. The maximum absolute atomic E-state index is 12.8. The first-order chi connectivity index (χ1) is 13.3. The van der Waals surface area contributed by atoms with Crippen LogP contribution in [0.2, 0.25) is 5.02 Å². The fraction of sp³-hybridized carbons (Fsp3) is 0.421. The molecule has 0 saturated carbocycles. The molecule has 7 nitrogen and oxygen atoms in total. The molecule has 1 saturated heterocycles. The number of piperazine rings is 1. The molecule has 0 atom stereocenters. The lowest BCUT2D eigenvalue weighted by Gasteiger charge is -2.31. The Hall–Kier alpha value is -1.87. The molecule has 0 amide bonds. The zero-order valence-electron chi connectivity index (χ0n) is 16.3. The van der Waals surface area contributed by atoms with Crippen LogP contribution in [0.4, 0.5) is 5.82 Å². The molecule has 0 spiro atoms. The lowest BCUT2D eigenvalue weighted by molar-refractivity contribution is 0.222. The smallest absolute Gasteiger partial charge is 0.244 e. The van der Waals surface area contributed by atoms with E-state index in [0.717, 1.165) is 24.4 Å². The van der Waals surface area contributed by atoms with Crippen LogP contribution >= 0.6 is 11.6 Å². The number of benzene rings is 1. The van der Waals surface area contributed by atoms with E-state index in [4.69, 9.17) is 16.3 Å². The Morgan fingerprint density at radius 1 is 1.18 bits per heavy atom. The summed E-state index contributed by atoms with van der Waals surface area (Å²) < 4.78 is 32.5. The monoisotopic (exact) mass is 424 g/mol. The summed E-state index contributed by atoms with van der Waals surface area (Å²) in [5, 5.41) is 0.630. The molecule has 28 heavy (non-hydrogen) atoms. The molecular weight excluding hydrogens is 400 g/mol. The highest BCUT2D eigenvalue weighted by Gasteiger charge is 2.27.